The predicted octanol–water partition coefficient (Wildman–Crippen LogP) is 0.966. The molecule has 20 heavy (non-hydrogen) atoms. The van der Waals surface area contributed by atoms with Crippen molar-refractivity contribution in [3.63, 3.8) is 0 Å². The summed E-state index contributed by atoms with van der Waals surface area (Å²) in [5.74, 6) is 1.10. The number of carbonyl (C=O) groups is 1. The van der Waals surface area contributed by atoms with Crippen LogP contribution in [0.25, 0.3) is 0 Å². The number of hydrogen-bond acceptors (Lipinski definition) is 5. The lowest BCUT2D eigenvalue weighted by Crippen LogP contribution is -2.46. The van der Waals surface area contributed by atoms with Gasteiger partial charge in [-0.3, -0.25) is 4.79 Å². The molecule has 1 aromatic rings. The molecule has 1 aliphatic rings. The Labute approximate surface area is 117 Å². The van der Waals surface area contributed by atoms with Gasteiger partial charge in [0.2, 0.25) is 5.75 Å². The smallest absolute Gasteiger partial charge is 0.251 e. The van der Waals surface area contributed by atoms with Gasteiger partial charge in [0.25, 0.3) is 5.91 Å². The third kappa shape index (κ3) is 2.80. The third-order valence-corrected chi connectivity index (χ3v) is 3.38. The van der Waals surface area contributed by atoms with Crippen molar-refractivity contribution in [1.82, 2.24) is 5.32 Å². The van der Waals surface area contributed by atoms with E-state index in [1.807, 2.05) is 0 Å². The summed E-state index contributed by atoms with van der Waals surface area (Å²) in [6, 6.07) is 3.23. The van der Waals surface area contributed by atoms with E-state index < -0.39 is 0 Å². The van der Waals surface area contributed by atoms with E-state index in [4.69, 9.17) is 14.2 Å². The lowest BCUT2D eigenvalue weighted by Gasteiger charge is -2.32. The minimum atomic E-state index is -0.305. The Morgan fingerprint density at radius 1 is 1.15 bits per heavy atom. The Bertz CT molecular complexity index is 471. The van der Waals surface area contributed by atoms with Crippen LogP contribution < -0.4 is 19.5 Å². The van der Waals surface area contributed by atoms with Crippen LogP contribution >= 0.6 is 0 Å². The van der Waals surface area contributed by atoms with E-state index in [-0.39, 0.29) is 18.1 Å². The molecule has 1 aliphatic carbocycles. The van der Waals surface area contributed by atoms with Gasteiger partial charge in [0.05, 0.1) is 27.4 Å². The fraction of sp³-hybridized carbons (Fsp3) is 0.500. The van der Waals surface area contributed by atoms with Crippen LogP contribution in [0.4, 0.5) is 0 Å². The number of methoxy groups -OCH3 is 3. The normalized spacial score (nSPS) is 20.8. The predicted molar refractivity (Wildman–Crippen MR) is 72.6 cm³/mol. The average Bonchev–Trinajstić information content (AvgIpc) is 2.43. The monoisotopic (exact) mass is 281 g/mol. The molecule has 0 spiro atoms. The fourth-order valence-corrected chi connectivity index (χ4v) is 2.19. The van der Waals surface area contributed by atoms with E-state index in [0.29, 0.717) is 35.7 Å². The van der Waals surface area contributed by atoms with Gasteiger partial charge in [-0.15, -0.1) is 0 Å². The van der Waals surface area contributed by atoms with Crippen LogP contribution in [-0.4, -0.2) is 44.5 Å². The molecule has 0 saturated heterocycles. The van der Waals surface area contributed by atoms with E-state index in [1.165, 1.54) is 21.3 Å². The molecule has 0 aliphatic heterocycles. The third-order valence-electron chi connectivity index (χ3n) is 3.38. The van der Waals surface area contributed by atoms with E-state index >= 15 is 0 Å². The van der Waals surface area contributed by atoms with Crippen LogP contribution in [0.15, 0.2) is 12.1 Å². The van der Waals surface area contributed by atoms with Crippen LogP contribution in [0.3, 0.4) is 0 Å². The number of amides is 1. The Balaban J connectivity index is 2.20. The molecule has 0 bridgehead atoms. The van der Waals surface area contributed by atoms with Crippen LogP contribution in [0.1, 0.15) is 23.2 Å². The maximum absolute atomic E-state index is 12.1. The van der Waals surface area contributed by atoms with Crippen molar-refractivity contribution in [2.75, 3.05) is 21.3 Å². The number of aliphatic hydroxyl groups excluding tert-OH is 1. The van der Waals surface area contributed by atoms with Crippen LogP contribution in [0.2, 0.25) is 0 Å². The molecular formula is C14H19NO5. The summed E-state index contributed by atoms with van der Waals surface area (Å²) in [4.78, 5) is 12.1. The summed E-state index contributed by atoms with van der Waals surface area (Å²) in [7, 11) is 4.51. The Hall–Kier alpha value is -1.95. The second-order valence-corrected chi connectivity index (χ2v) is 4.71. The maximum atomic E-state index is 12.1. The van der Waals surface area contributed by atoms with Crippen molar-refractivity contribution in [3.8, 4) is 17.2 Å². The van der Waals surface area contributed by atoms with Gasteiger partial charge in [0.1, 0.15) is 0 Å². The zero-order valence-corrected chi connectivity index (χ0v) is 11.8. The van der Waals surface area contributed by atoms with Gasteiger partial charge in [-0.1, -0.05) is 0 Å². The van der Waals surface area contributed by atoms with Gasteiger partial charge in [-0.25, -0.2) is 0 Å². The summed E-state index contributed by atoms with van der Waals surface area (Å²) in [5.41, 5.74) is 0.431. The van der Waals surface area contributed by atoms with Gasteiger partial charge in [-0.05, 0) is 25.0 Å². The molecule has 110 valence electrons. The average molecular weight is 281 g/mol. The minimum Gasteiger partial charge on any atom is -0.493 e. The van der Waals surface area contributed by atoms with Gasteiger partial charge < -0.3 is 24.6 Å². The highest BCUT2D eigenvalue weighted by Gasteiger charge is 2.29. The molecular weight excluding hydrogens is 262 g/mol. The number of aliphatic hydroxyl groups is 1. The van der Waals surface area contributed by atoms with E-state index in [0.717, 1.165) is 0 Å². The first-order chi connectivity index (χ1) is 9.58. The van der Waals surface area contributed by atoms with Gasteiger partial charge >= 0.3 is 0 Å². The lowest BCUT2D eigenvalue weighted by molar-refractivity contribution is 0.0562. The molecule has 1 aromatic carbocycles. The zero-order valence-electron chi connectivity index (χ0n) is 11.8. The number of hydrogen-bond donors (Lipinski definition) is 2. The largest absolute Gasteiger partial charge is 0.493 e. The first-order valence-electron chi connectivity index (χ1n) is 6.38. The maximum Gasteiger partial charge on any atom is 0.251 e. The highest BCUT2D eigenvalue weighted by molar-refractivity contribution is 5.95. The molecule has 1 amide bonds. The van der Waals surface area contributed by atoms with Crippen molar-refractivity contribution in [2.24, 2.45) is 0 Å². The molecule has 0 atom stereocenters. The van der Waals surface area contributed by atoms with Crippen molar-refractivity contribution in [1.29, 1.82) is 0 Å². The minimum absolute atomic E-state index is 0.0246. The summed E-state index contributed by atoms with van der Waals surface area (Å²) < 4.78 is 15.6. The SMILES string of the molecule is COc1cc(C(=O)NC2CC(O)C2)cc(OC)c1OC. The quantitative estimate of drug-likeness (QED) is 0.841. The standard InChI is InChI=1S/C14H19NO5/c1-18-11-4-8(5-12(19-2)13(11)20-3)14(17)15-9-6-10(16)7-9/h4-5,9-10,16H,6-7H2,1-3H3,(H,15,17). The van der Waals surface area contributed by atoms with Crippen LogP contribution in [0.5, 0.6) is 17.2 Å². The Morgan fingerprint density at radius 3 is 2.10 bits per heavy atom. The highest BCUT2D eigenvalue weighted by atomic mass is 16.5. The van der Waals surface area contributed by atoms with Gasteiger partial charge in [0.15, 0.2) is 11.5 Å². The molecule has 6 nitrogen and oxygen atoms in total. The lowest BCUT2D eigenvalue weighted by atomic mass is 9.89. The first kappa shape index (κ1) is 14.5. The summed E-state index contributed by atoms with van der Waals surface area (Å²) in [5, 5.41) is 12.1. The number of benzene rings is 1. The van der Waals surface area contributed by atoms with Gasteiger partial charge in [-0.2, -0.15) is 0 Å². The van der Waals surface area contributed by atoms with E-state index in [1.54, 1.807) is 12.1 Å². The highest BCUT2D eigenvalue weighted by Crippen LogP contribution is 2.38. The van der Waals surface area contributed by atoms with E-state index in [9.17, 15) is 9.90 Å². The molecule has 0 radical (unpaired) electrons. The molecule has 6 heteroatoms. The van der Waals surface area contributed by atoms with Crippen molar-refractivity contribution in [2.45, 2.75) is 25.0 Å². The Kier molecular flexibility index (Phi) is 4.34. The fourth-order valence-electron chi connectivity index (χ4n) is 2.19. The summed E-state index contributed by atoms with van der Waals surface area (Å²) in [6.45, 7) is 0. The summed E-state index contributed by atoms with van der Waals surface area (Å²) in [6.07, 6.45) is 0.882. The molecule has 2 rings (SSSR count). The van der Waals surface area contributed by atoms with Crippen LogP contribution in [0, 0.1) is 0 Å². The number of nitrogens with one attached hydrogen (secondary N) is 1. The van der Waals surface area contributed by atoms with E-state index in [2.05, 4.69) is 5.32 Å². The van der Waals surface area contributed by atoms with Crippen LogP contribution in [-0.2, 0) is 0 Å². The number of rotatable bonds is 5. The first-order valence-corrected chi connectivity index (χ1v) is 6.38. The van der Waals surface area contributed by atoms with Gasteiger partial charge in [0, 0.05) is 11.6 Å². The Morgan fingerprint density at radius 2 is 1.70 bits per heavy atom. The topological polar surface area (TPSA) is 77.0 Å². The second-order valence-electron chi connectivity index (χ2n) is 4.71. The molecule has 0 heterocycles. The second kappa shape index (κ2) is 6.00. The van der Waals surface area contributed by atoms with Crippen molar-refractivity contribution >= 4 is 5.91 Å². The van der Waals surface area contributed by atoms with Crippen molar-refractivity contribution < 1.29 is 24.1 Å². The number of ether oxygens (including phenoxy) is 3. The molecule has 1 saturated carbocycles. The number of carbonyl (C=O) groups excluding carboxylic acids is 1. The molecule has 2 N–H and O–H groups in total. The molecule has 0 aromatic heterocycles. The van der Waals surface area contributed by atoms with Crippen molar-refractivity contribution in [3.05, 3.63) is 17.7 Å². The summed E-state index contributed by atoms with van der Waals surface area (Å²) >= 11 is 0. The molecule has 0 unspecified atom stereocenters. The molecule has 1 fully saturated rings. The zero-order chi connectivity index (χ0) is 14.7.